The fraction of sp³-hybridized carbons (Fsp3) is 0.462. The van der Waals surface area contributed by atoms with Crippen molar-refractivity contribution in [1.29, 1.82) is 0 Å². The van der Waals surface area contributed by atoms with Crippen LogP contribution in [0.3, 0.4) is 0 Å². The number of hydrogen-bond acceptors (Lipinski definition) is 6. The highest BCUT2D eigenvalue weighted by Crippen LogP contribution is 2.28. The molecule has 0 spiro atoms. The summed E-state index contributed by atoms with van der Waals surface area (Å²) >= 11 is 6.14. The van der Waals surface area contributed by atoms with Crippen molar-refractivity contribution in [2.45, 2.75) is 58.5 Å². The Bertz CT molecular complexity index is 982. The van der Waals surface area contributed by atoms with Crippen LogP contribution in [-0.2, 0) is 16.1 Å². The molecule has 1 aliphatic carbocycles. The van der Waals surface area contributed by atoms with Crippen LogP contribution in [-0.4, -0.2) is 38.2 Å². The first-order valence-electron chi connectivity index (χ1n) is 11.6. The molecule has 0 atom stereocenters. The summed E-state index contributed by atoms with van der Waals surface area (Å²) in [6.07, 6.45) is 6.33. The zero-order valence-electron chi connectivity index (χ0n) is 20.0. The van der Waals surface area contributed by atoms with E-state index in [2.05, 4.69) is 10.6 Å². The maximum atomic E-state index is 12.2. The summed E-state index contributed by atoms with van der Waals surface area (Å²) in [6.45, 7) is 3.86. The van der Waals surface area contributed by atoms with Gasteiger partial charge >= 0.3 is 0 Å². The third kappa shape index (κ3) is 7.64. The number of nitrogens with one attached hydrogen (secondary N) is 2. The van der Waals surface area contributed by atoms with Crippen molar-refractivity contribution >= 4 is 23.4 Å². The third-order valence-corrected chi connectivity index (χ3v) is 6.44. The van der Waals surface area contributed by atoms with Crippen molar-refractivity contribution in [2.24, 2.45) is 0 Å². The van der Waals surface area contributed by atoms with E-state index in [1.54, 1.807) is 25.3 Å². The van der Waals surface area contributed by atoms with Gasteiger partial charge in [-0.15, -0.1) is 0 Å². The van der Waals surface area contributed by atoms with Crippen LogP contribution >= 0.6 is 11.6 Å². The molecule has 0 bridgehead atoms. The predicted molar refractivity (Wildman–Crippen MR) is 132 cm³/mol. The van der Waals surface area contributed by atoms with Gasteiger partial charge in [0.05, 0.1) is 7.11 Å². The van der Waals surface area contributed by atoms with Crippen LogP contribution < -0.4 is 24.8 Å². The van der Waals surface area contributed by atoms with Crippen molar-refractivity contribution in [3.63, 3.8) is 0 Å². The van der Waals surface area contributed by atoms with Gasteiger partial charge in [0, 0.05) is 17.6 Å². The summed E-state index contributed by atoms with van der Waals surface area (Å²) in [5, 5.41) is 6.52. The minimum Gasteiger partial charge on any atom is -0.493 e. The number of hydrogen-bond donors (Lipinski definition) is 2. The summed E-state index contributed by atoms with van der Waals surface area (Å²) < 4.78 is 16.5. The van der Waals surface area contributed by atoms with Crippen LogP contribution in [0.2, 0.25) is 5.02 Å². The van der Waals surface area contributed by atoms with Crippen molar-refractivity contribution in [1.82, 2.24) is 10.6 Å². The quantitative estimate of drug-likeness (QED) is 0.512. The molecular formula is C26H33ClN2O5. The van der Waals surface area contributed by atoms with E-state index in [4.69, 9.17) is 25.8 Å². The number of methoxy groups -OCH3 is 1. The zero-order valence-corrected chi connectivity index (χ0v) is 20.8. The standard InChI is InChI=1S/C26H33ClN2O5/c1-17-11-21(12-18(2)26(17)27)33-15-24(30)29-25(31)16-34-22-10-9-19(13-23(22)32-3)14-28-20-7-5-4-6-8-20/h9-13,20,28H,4-8,14-16H2,1-3H3,(H,29,30,31). The number of aryl methyl sites for hydroxylation is 2. The van der Waals surface area contributed by atoms with Gasteiger partial charge in [-0.05, 0) is 67.6 Å². The molecule has 0 unspecified atom stereocenters. The number of amides is 2. The molecule has 2 amide bonds. The Morgan fingerprint density at radius 1 is 0.941 bits per heavy atom. The number of benzene rings is 2. The summed E-state index contributed by atoms with van der Waals surface area (Å²) in [5.41, 5.74) is 2.79. The highest BCUT2D eigenvalue weighted by molar-refractivity contribution is 6.32. The van der Waals surface area contributed by atoms with E-state index in [9.17, 15) is 9.59 Å². The van der Waals surface area contributed by atoms with Crippen molar-refractivity contribution in [3.05, 3.63) is 52.0 Å². The normalized spacial score (nSPS) is 13.9. The van der Waals surface area contributed by atoms with Gasteiger partial charge in [0.2, 0.25) is 0 Å². The number of carbonyl (C=O) groups is 2. The van der Waals surface area contributed by atoms with Crippen molar-refractivity contribution in [3.8, 4) is 17.2 Å². The van der Waals surface area contributed by atoms with Crippen LogP contribution in [0.4, 0.5) is 0 Å². The second kappa shape index (κ2) is 12.6. The van der Waals surface area contributed by atoms with Gasteiger partial charge in [0.1, 0.15) is 5.75 Å². The van der Waals surface area contributed by atoms with Crippen LogP contribution in [0.5, 0.6) is 17.2 Å². The van der Waals surface area contributed by atoms with Crippen molar-refractivity contribution in [2.75, 3.05) is 20.3 Å². The molecule has 184 valence electrons. The molecule has 3 rings (SSSR count). The second-order valence-electron chi connectivity index (χ2n) is 8.62. The Hall–Kier alpha value is -2.77. The molecule has 2 N–H and O–H groups in total. The van der Waals surface area contributed by atoms with E-state index in [1.807, 2.05) is 26.0 Å². The summed E-state index contributed by atoms with van der Waals surface area (Å²) in [5.74, 6) is 0.368. The van der Waals surface area contributed by atoms with Gasteiger partial charge in [-0.3, -0.25) is 14.9 Å². The van der Waals surface area contributed by atoms with Gasteiger partial charge < -0.3 is 19.5 Å². The maximum absolute atomic E-state index is 12.2. The third-order valence-electron chi connectivity index (χ3n) is 5.85. The Kier molecular flexibility index (Phi) is 9.60. The van der Waals surface area contributed by atoms with Gasteiger partial charge in [-0.1, -0.05) is 36.9 Å². The van der Waals surface area contributed by atoms with Gasteiger partial charge in [0.25, 0.3) is 11.8 Å². The molecule has 8 heteroatoms. The zero-order chi connectivity index (χ0) is 24.5. The van der Waals surface area contributed by atoms with E-state index in [0.29, 0.717) is 28.3 Å². The topological polar surface area (TPSA) is 85.9 Å². The number of ether oxygens (including phenoxy) is 3. The van der Waals surface area contributed by atoms with E-state index in [0.717, 1.165) is 23.2 Å². The first-order chi connectivity index (χ1) is 16.4. The molecule has 2 aromatic rings. The van der Waals surface area contributed by atoms with Crippen LogP contribution in [0.1, 0.15) is 48.8 Å². The first-order valence-corrected chi connectivity index (χ1v) is 12.0. The Labute approximate surface area is 206 Å². The highest BCUT2D eigenvalue weighted by Gasteiger charge is 2.15. The lowest BCUT2D eigenvalue weighted by Gasteiger charge is -2.23. The monoisotopic (exact) mass is 488 g/mol. The molecule has 0 heterocycles. The van der Waals surface area contributed by atoms with Gasteiger partial charge in [-0.2, -0.15) is 0 Å². The largest absolute Gasteiger partial charge is 0.493 e. The lowest BCUT2D eigenvalue weighted by molar-refractivity contribution is -0.132. The Balaban J connectivity index is 1.44. The SMILES string of the molecule is COc1cc(CNC2CCCCC2)ccc1OCC(=O)NC(=O)COc1cc(C)c(Cl)c(C)c1. The van der Waals surface area contributed by atoms with Crippen LogP contribution in [0.15, 0.2) is 30.3 Å². The number of carbonyl (C=O) groups excluding carboxylic acids is 2. The molecule has 0 aliphatic heterocycles. The smallest absolute Gasteiger partial charge is 0.264 e. The average Bonchev–Trinajstić information content (AvgIpc) is 2.84. The molecule has 1 aliphatic rings. The van der Waals surface area contributed by atoms with Gasteiger partial charge in [0.15, 0.2) is 24.7 Å². The van der Waals surface area contributed by atoms with E-state index in [-0.39, 0.29) is 13.2 Å². The summed E-state index contributed by atoms with van der Waals surface area (Å²) in [6, 6.07) is 9.68. The fourth-order valence-electron chi connectivity index (χ4n) is 4.02. The summed E-state index contributed by atoms with van der Waals surface area (Å²) in [4.78, 5) is 24.2. The summed E-state index contributed by atoms with van der Waals surface area (Å²) in [7, 11) is 1.56. The molecule has 7 nitrogen and oxygen atoms in total. The molecular weight excluding hydrogens is 456 g/mol. The van der Waals surface area contributed by atoms with Gasteiger partial charge in [-0.25, -0.2) is 0 Å². The van der Waals surface area contributed by atoms with Crippen LogP contribution in [0, 0.1) is 13.8 Å². The molecule has 2 aromatic carbocycles. The average molecular weight is 489 g/mol. The molecule has 1 saturated carbocycles. The molecule has 0 radical (unpaired) electrons. The molecule has 0 saturated heterocycles. The first kappa shape index (κ1) is 25.8. The van der Waals surface area contributed by atoms with Crippen LogP contribution in [0.25, 0.3) is 0 Å². The molecule has 1 fully saturated rings. The van der Waals surface area contributed by atoms with E-state index < -0.39 is 11.8 Å². The minimum atomic E-state index is -0.567. The lowest BCUT2D eigenvalue weighted by atomic mass is 9.95. The van der Waals surface area contributed by atoms with E-state index >= 15 is 0 Å². The number of halogens is 1. The number of imide groups is 1. The number of rotatable bonds is 10. The molecule has 34 heavy (non-hydrogen) atoms. The second-order valence-corrected chi connectivity index (χ2v) is 9.00. The van der Waals surface area contributed by atoms with Crippen molar-refractivity contribution < 1.29 is 23.8 Å². The molecule has 0 aromatic heterocycles. The highest BCUT2D eigenvalue weighted by atomic mass is 35.5. The predicted octanol–water partition coefficient (Wildman–Crippen LogP) is 4.49. The lowest BCUT2D eigenvalue weighted by Crippen LogP contribution is -2.37. The fourth-order valence-corrected chi connectivity index (χ4v) is 4.13. The van der Waals surface area contributed by atoms with E-state index in [1.165, 1.54) is 32.1 Å². The maximum Gasteiger partial charge on any atom is 0.264 e. The minimum absolute atomic E-state index is 0.293. The Morgan fingerprint density at radius 3 is 2.24 bits per heavy atom. The Morgan fingerprint density at radius 2 is 1.59 bits per heavy atom.